The molecule has 2 N–H and O–H groups in total. The average molecular weight is 382 g/mol. The Hall–Kier alpha value is -2.59. The second-order valence-corrected chi connectivity index (χ2v) is 5.13. The van der Waals surface area contributed by atoms with E-state index < -0.39 is 31.8 Å². The van der Waals surface area contributed by atoms with Crippen LogP contribution in [0.4, 0.5) is 22.0 Å². The second kappa shape index (κ2) is 9.78. The summed E-state index contributed by atoms with van der Waals surface area (Å²) in [5, 5.41) is 5.32. The van der Waals surface area contributed by atoms with E-state index in [9.17, 15) is 26.7 Å². The summed E-state index contributed by atoms with van der Waals surface area (Å²) in [4.78, 5) is 16.0. The molecule has 0 aliphatic rings. The van der Waals surface area contributed by atoms with Crippen LogP contribution >= 0.6 is 0 Å². The zero-order chi connectivity index (χ0) is 19.7. The van der Waals surface area contributed by atoms with Gasteiger partial charge in [-0.05, 0) is 6.07 Å². The van der Waals surface area contributed by atoms with Crippen molar-refractivity contribution in [1.29, 1.82) is 0 Å². The smallest absolute Gasteiger partial charge is 0.406 e. The summed E-state index contributed by atoms with van der Waals surface area (Å²) in [6.07, 6.45) is -4.49. The number of halogens is 5. The minimum atomic E-state index is -4.49. The molecule has 0 saturated carbocycles. The van der Waals surface area contributed by atoms with Crippen molar-refractivity contribution in [2.45, 2.75) is 19.3 Å². The van der Waals surface area contributed by atoms with Crippen molar-refractivity contribution in [3.8, 4) is 5.75 Å². The number of carbonyl (C=O) groups is 1. The Balaban J connectivity index is 2.55. The summed E-state index contributed by atoms with van der Waals surface area (Å²) >= 11 is 0. The van der Waals surface area contributed by atoms with E-state index in [0.717, 1.165) is 7.05 Å². The fourth-order valence-electron chi connectivity index (χ4n) is 1.91. The van der Waals surface area contributed by atoms with Crippen LogP contribution in [-0.4, -0.2) is 56.7 Å². The predicted octanol–water partition coefficient (Wildman–Crippen LogP) is 1.97. The van der Waals surface area contributed by atoms with Gasteiger partial charge in [0, 0.05) is 26.2 Å². The Morgan fingerprint density at radius 1 is 1.27 bits per heavy atom. The molecule has 1 aromatic carbocycles. The van der Waals surface area contributed by atoms with Crippen LogP contribution in [0.2, 0.25) is 0 Å². The third-order valence-corrected chi connectivity index (χ3v) is 3.11. The van der Waals surface area contributed by atoms with Gasteiger partial charge in [-0.15, -0.1) is 0 Å². The van der Waals surface area contributed by atoms with E-state index in [-0.39, 0.29) is 18.3 Å². The molecule has 11 heteroatoms. The van der Waals surface area contributed by atoms with Gasteiger partial charge in [-0.2, -0.15) is 22.0 Å². The van der Waals surface area contributed by atoms with E-state index in [0.29, 0.717) is 10.5 Å². The molecule has 1 aromatic rings. The van der Waals surface area contributed by atoms with Gasteiger partial charge in [0.25, 0.3) is 0 Å². The van der Waals surface area contributed by atoms with Crippen LogP contribution in [0.5, 0.6) is 5.75 Å². The molecule has 0 radical (unpaired) electrons. The Kier molecular flexibility index (Phi) is 8.07. The minimum Gasteiger partial charge on any atom is -0.434 e. The van der Waals surface area contributed by atoms with Gasteiger partial charge in [-0.1, -0.05) is 18.2 Å². The number of rotatable bonds is 7. The summed E-state index contributed by atoms with van der Waals surface area (Å²) in [5.74, 6) is -0.691. The molecule has 6 nitrogen and oxygen atoms in total. The van der Waals surface area contributed by atoms with Gasteiger partial charge in [-0.25, -0.2) is 0 Å². The van der Waals surface area contributed by atoms with Crippen molar-refractivity contribution in [1.82, 2.24) is 15.5 Å². The number of likely N-dealkylation sites (N-methyl/N-ethyl adjacent to an activating group) is 1. The van der Waals surface area contributed by atoms with Crippen molar-refractivity contribution >= 4 is 11.9 Å². The maximum atomic E-state index is 12.4. The maximum Gasteiger partial charge on any atom is 0.406 e. The minimum absolute atomic E-state index is 0.0218. The van der Waals surface area contributed by atoms with Gasteiger partial charge < -0.3 is 20.3 Å². The van der Waals surface area contributed by atoms with Gasteiger partial charge >= 0.3 is 12.8 Å². The number of ether oxygens (including phenoxy) is 1. The number of amides is 1. The summed E-state index contributed by atoms with van der Waals surface area (Å²) in [6.45, 7) is -4.70. The number of aliphatic imine (C=N–C) groups is 1. The Bertz CT molecular complexity index is 622. The topological polar surface area (TPSA) is 66.0 Å². The van der Waals surface area contributed by atoms with E-state index in [1.54, 1.807) is 12.1 Å². The van der Waals surface area contributed by atoms with Gasteiger partial charge in [-0.3, -0.25) is 9.79 Å². The summed E-state index contributed by atoms with van der Waals surface area (Å²) < 4.78 is 65.9. The molecule has 1 amide bonds. The van der Waals surface area contributed by atoms with E-state index in [1.165, 1.54) is 19.2 Å². The molecule has 0 aromatic heterocycles. The van der Waals surface area contributed by atoms with Crippen molar-refractivity contribution in [3.63, 3.8) is 0 Å². The van der Waals surface area contributed by atoms with Crippen LogP contribution in [0.3, 0.4) is 0 Å². The van der Waals surface area contributed by atoms with Crippen LogP contribution in [0, 0.1) is 0 Å². The molecule has 0 fully saturated rings. The number of para-hydroxylation sites is 1. The number of nitrogens with one attached hydrogen (secondary N) is 2. The van der Waals surface area contributed by atoms with Crippen LogP contribution in [-0.2, 0) is 11.3 Å². The summed E-state index contributed by atoms with van der Waals surface area (Å²) in [6, 6.07) is 6.08. The van der Waals surface area contributed by atoms with Crippen molar-refractivity contribution < 1.29 is 31.5 Å². The lowest BCUT2D eigenvalue weighted by Crippen LogP contribution is -2.45. The molecular formula is C15H19F5N4O2. The highest BCUT2D eigenvalue weighted by Crippen LogP contribution is 2.19. The van der Waals surface area contributed by atoms with Gasteiger partial charge in [0.15, 0.2) is 5.96 Å². The number of nitrogens with zero attached hydrogens (tertiary/aromatic N) is 2. The lowest BCUT2D eigenvalue weighted by Gasteiger charge is -2.20. The third kappa shape index (κ3) is 7.99. The Morgan fingerprint density at radius 3 is 2.50 bits per heavy atom. The fraction of sp³-hybridized carbons (Fsp3) is 0.467. The zero-order valence-corrected chi connectivity index (χ0v) is 14.1. The largest absolute Gasteiger partial charge is 0.434 e. The van der Waals surface area contributed by atoms with Crippen LogP contribution in [0.1, 0.15) is 5.56 Å². The zero-order valence-electron chi connectivity index (χ0n) is 14.1. The second-order valence-electron chi connectivity index (χ2n) is 5.13. The van der Waals surface area contributed by atoms with Gasteiger partial charge in [0.05, 0.1) is 6.54 Å². The van der Waals surface area contributed by atoms with E-state index in [1.807, 2.05) is 0 Å². The normalized spacial score (nSPS) is 12.1. The fourth-order valence-corrected chi connectivity index (χ4v) is 1.91. The van der Waals surface area contributed by atoms with Gasteiger partial charge in [0.1, 0.15) is 12.3 Å². The van der Waals surface area contributed by atoms with E-state index >= 15 is 0 Å². The quantitative estimate of drug-likeness (QED) is 0.430. The Morgan fingerprint density at radius 2 is 1.92 bits per heavy atom. The molecule has 0 bridgehead atoms. The third-order valence-electron chi connectivity index (χ3n) is 3.11. The first-order valence-corrected chi connectivity index (χ1v) is 7.40. The van der Waals surface area contributed by atoms with Gasteiger partial charge in [0.2, 0.25) is 5.91 Å². The molecule has 0 unspecified atom stereocenters. The van der Waals surface area contributed by atoms with Crippen molar-refractivity contribution in [3.05, 3.63) is 29.8 Å². The molecule has 1 rings (SSSR count). The lowest BCUT2D eigenvalue weighted by atomic mass is 10.2. The predicted molar refractivity (Wildman–Crippen MR) is 85.0 cm³/mol. The maximum absolute atomic E-state index is 12.4. The Labute approximate surface area is 147 Å². The number of hydrogen-bond donors (Lipinski definition) is 2. The highest BCUT2D eigenvalue weighted by Gasteiger charge is 2.31. The highest BCUT2D eigenvalue weighted by atomic mass is 19.4. The summed E-state index contributed by atoms with van der Waals surface area (Å²) in [5.41, 5.74) is 0.413. The number of hydrogen-bond acceptors (Lipinski definition) is 3. The first-order valence-electron chi connectivity index (χ1n) is 7.40. The van der Waals surface area contributed by atoms with Crippen molar-refractivity contribution in [2.75, 3.05) is 27.2 Å². The molecule has 0 aliphatic carbocycles. The molecule has 0 heterocycles. The summed E-state index contributed by atoms with van der Waals surface area (Å²) in [7, 11) is 2.42. The van der Waals surface area contributed by atoms with Crippen LogP contribution in [0.25, 0.3) is 0 Å². The standard InChI is InChI=1S/C15H19F5N4O2/c1-21-14(23-8-12(25)24(2)9-15(18,19)20)22-7-10-5-3-4-6-11(10)26-13(16)17/h3-6,13H,7-9H2,1-2H3,(H2,21,22,23). The molecule has 0 atom stereocenters. The van der Waals surface area contributed by atoms with Crippen molar-refractivity contribution in [2.24, 2.45) is 4.99 Å². The average Bonchev–Trinajstić information content (AvgIpc) is 2.54. The first kappa shape index (κ1) is 21.5. The lowest BCUT2D eigenvalue weighted by molar-refractivity contribution is -0.157. The molecule has 146 valence electrons. The molecule has 0 aliphatic heterocycles. The SMILES string of the molecule is CN=C(NCC(=O)N(C)CC(F)(F)F)NCc1ccccc1OC(F)F. The number of guanidine groups is 1. The first-order chi connectivity index (χ1) is 12.1. The van der Waals surface area contributed by atoms with Crippen LogP contribution < -0.4 is 15.4 Å². The number of alkyl halides is 5. The number of benzene rings is 1. The van der Waals surface area contributed by atoms with E-state index in [2.05, 4.69) is 20.4 Å². The highest BCUT2D eigenvalue weighted by molar-refractivity contribution is 5.86. The molecule has 0 saturated heterocycles. The van der Waals surface area contributed by atoms with E-state index in [4.69, 9.17) is 0 Å². The number of carbonyl (C=O) groups excluding carboxylic acids is 1. The molecular weight excluding hydrogens is 363 g/mol. The molecule has 26 heavy (non-hydrogen) atoms. The van der Waals surface area contributed by atoms with Crippen LogP contribution in [0.15, 0.2) is 29.3 Å². The molecule has 0 spiro atoms. The monoisotopic (exact) mass is 382 g/mol.